The number of benzene rings is 3. The quantitative estimate of drug-likeness (QED) is 0.422. The molecular weight excluding hydrogens is 453 g/mol. The molecule has 1 unspecified atom stereocenters. The number of halogens is 2. The first-order valence-electron chi connectivity index (χ1n) is 10.9. The molecule has 0 saturated carbocycles. The van der Waals surface area contributed by atoms with E-state index in [1.54, 1.807) is 36.4 Å². The van der Waals surface area contributed by atoms with Gasteiger partial charge >= 0.3 is 0 Å². The van der Waals surface area contributed by atoms with Crippen molar-refractivity contribution in [1.82, 2.24) is 9.88 Å². The summed E-state index contributed by atoms with van der Waals surface area (Å²) in [5.41, 5.74) is 8.61. The van der Waals surface area contributed by atoms with Crippen molar-refractivity contribution in [3.63, 3.8) is 0 Å². The predicted octanol–water partition coefficient (Wildman–Crippen LogP) is 5.38. The summed E-state index contributed by atoms with van der Waals surface area (Å²) in [6.45, 7) is 0. The third kappa shape index (κ3) is 3.90. The highest BCUT2D eigenvalue weighted by molar-refractivity contribution is 6.30. The highest BCUT2D eigenvalue weighted by Gasteiger charge is 2.40. The Labute approximate surface area is 201 Å². The molecule has 0 spiro atoms. The largest absolute Gasteiger partial charge is 0.368 e. The molecule has 2 amide bonds. The van der Waals surface area contributed by atoms with E-state index in [1.807, 2.05) is 30.3 Å². The maximum atomic E-state index is 14.7. The number of amides is 2. The van der Waals surface area contributed by atoms with Gasteiger partial charge in [0.25, 0.3) is 5.91 Å². The maximum Gasteiger partial charge on any atom is 0.256 e. The van der Waals surface area contributed by atoms with Gasteiger partial charge in [-0.25, -0.2) is 4.39 Å². The van der Waals surface area contributed by atoms with Crippen LogP contribution in [-0.4, -0.2) is 21.7 Å². The summed E-state index contributed by atoms with van der Waals surface area (Å²) in [6, 6.07) is 19.4. The first kappa shape index (κ1) is 22.0. The molecule has 0 aliphatic heterocycles. The van der Waals surface area contributed by atoms with Crippen LogP contribution in [0.25, 0.3) is 10.9 Å². The fourth-order valence-corrected chi connectivity index (χ4v) is 5.00. The van der Waals surface area contributed by atoms with Crippen molar-refractivity contribution in [2.75, 3.05) is 0 Å². The molecule has 2 N–H and O–H groups in total. The number of nitrogens with zero attached hydrogens (tertiary/aromatic N) is 2. The lowest BCUT2D eigenvalue weighted by molar-refractivity contribution is -0.123. The minimum absolute atomic E-state index is 0.234. The number of para-hydroxylation sites is 1. The zero-order chi connectivity index (χ0) is 23.8. The van der Waals surface area contributed by atoms with Gasteiger partial charge in [-0.05, 0) is 53.8 Å². The third-order valence-corrected chi connectivity index (χ3v) is 6.51. The van der Waals surface area contributed by atoms with Crippen LogP contribution in [0.4, 0.5) is 4.39 Å². The summed E-state index contributed by atoms with van der Waals surface area (Å²) < 4.78 is 14.7. The number of hydrogen-bond donors (Lipinski definition) is 1. The van der Waals surface area contributed by atoms with E-state index >= 15 is 0 Å². The molecule has 0 saturated heterocycles. The number of rotatable bonds is 5. The van der Waals surface area contributed by atoms with Gasteiger partial charge in [0.2, 0.25) is 5.91 Å². The highest BCUT2D eigenvalue weighted by Crippen LogP contribution is 2.43. The smallest absolute Gasteiger partial charge is 0.256 e. The predicted molar refractivity (Wildman–Crippen MR) is 129 cm³/mol. The second-order valence-corrected chi connectivity index (χ2v) is 8.79. The maximum absolute atomic E-state index is 14.7. The van der Waals surface area contributed by atoms with E-state index in [4.69, 9.17) is 17.3 Å². The van der Waals surface area contributed by atoms with Crippen LogP contribution in [0.1, 0.15) is 45.6 Å². The van der Waals surface area contributed by atoms with Crippen LogP contribution in [0.3, 0.4) is 0 Å². The van der Waals surface area contributed by atoms with Crippen LogP contribution >= 0.6 is 11.6 Å². The minimum Gasteiger partial charge on any atom is -0.368 e. The SMILES string of the molecule is NC(=O)C(c1ccccc1)N(C(=O)c1cnc2ccccc2c1)[C@@H]1CCc2c(F)cc(Cl)cc21. The molecule has 1 aliphatic rings. The number of aromatic nitrogens is 1. The minimum atomic E-state index is -1.06. The second-order valence-electron chi connectivity index (χ2n) is 8.35. The molecule has 5 nitrogen and oxygen atoms in total. The Morgan fingerprint density at radius 3 is 2.56 bits per heavy atom. The van der Waals surface area contributed by atoms with Crippen LogP contribution < -0.4 is 5.73 Å². The molecule has 0 fully saturated rings. The Bertz CT molecular complexity index is 1410. The highest BCUT2D eigenvalue weighted by atomic mass is 35.5. The Balaban J connectivity index is 1.67. The van der Waals surface area contributed by atoms with Crippen LogP contribution in [0.2, 0.25) is 5.02 Å². The zero-order valence-electron chi connectivity index (χ0n) is 18.1. The van der Waals surface area contributed by atoms with Gasteiger partial charge in [0.1, 0.15) is 11.9 Å². The van der Waals surface area contributed by atoms with Crippen LogP contribution in [0, 0.1) is 5.82 Å². The van der Waals surface area contributed by atoms with Gasteiger partial charge in [-0.15, -0.1) is 0 Å². The summed E-state index contributed by atoms with van der Waals surface area (Å²) >= 11 is 6.17. The van der Waals surface area contributed by atoms with Crippen LogP contribution in [0.5, 0.6) is 0 Å². The monoisotopic (exact) mass is 473 g/mol. The first-order chi connectivity index (χ1) is 16.4. The topological polar surface area (TPSA) is 76.3 Å². The van der Waals surface area contributed by atoms with E-state index in [-0.39, 0.29) is 5.02 Å². The zero-order valence-corrected chi connectivity index (χ0v) is 18.9. The summed E-state index contributed by atoms with van der Waals surface area (Å²) in [7, 11) is 0. The number of nitrogens with two attached hydrogens (primary N) is 1. The molecule has 7 heteroatoms. The number of carbonyl (C=O) groups excluding carboxylic acids is 2. The molecule has 2 atom stereocenters. The Morgan fingerprint density at radius 2 is 1.79 bits per heavy atom. The van der Waals surface area contributed by atoms with E-state index < -0.39 is 29.7 Å². The van der Waals surface area contributed by atoms with Gasteiger partial charge in [-0.3, -0.25) is 14.6 Å². The fourth-order valence-electron chi connectivity index (χ4n) is 4.78. The standard InChI is InChI=1S/C27H21ClFN3O2/c28-19-13-21-20(22(29)14-19)10-11-24(21)32(25(26(30)33)16-6-2-1-3-7-16)27(34)18-12-17-8-4-5-9-23(17)31-15-18/h1-9,12-15,24-25H,10-11H2,(H2,30,33)/t24-,25?/m1/s1. The van der Waals surface area contributed by atoms with E-state index in [9.17, 15) is 14.0 Å². The molecule has 3 aromatic carbocycles. The van der Waals surface area contributed by atoms with Crippen molar-refractivity contribution < 1.29 is 14.0 Å². The van der Waals surface area contributed by atoms with Crippen LogP contribution in [0.15, 0.2) is 79.0 Å². The molecule has 1 aromatic heterocycles. The number of fused-ring (bicyclic) bond motifs is 2. The van der Waals surface area contributed by atoms with Crippen molar-refractivity contribution in [2.45, 2.75) is 24.9 Å². The molecule has 1 aliphatic carbocycles. The Morgan fingerprint density at radius 1 is 1.06 bits per heavy atom. The van der Waals surface area contributed by atoms with Gasteiger partial charge in [0.15, 0.2) is 0 Å². The molecule has 34 heavy (non-hydrogen) atoms. The van der Waals surface area contributed by atoms with Crippen molar-refractivity contribution in [3.8, 4) is 0 Å². The van der Waals surface area contributed by atoms with Gasteiger partial charge < -0.3 is 10.6 Å². The molecule has 4 aromatic rings. The lowest BCUT2D eigenvalue weighted by atomic mass is 9.98. The molecule has 170 valence electrons. The lowest BCUT2D eigenvalue weighted by Gasteiger charge is -2.36. The van der Waals surface area contributed by atoms with Crippen molar-refractivity contribution in [1.29, 1.82) is 0 Å². The summed E-state index contributed by atoms with van der Waals surface area (Å²) in [6.07, 6.45) is 2.36. The summed E-state index contributed by atoms with van der Waals surface area (Å²) in [5.74, 6) is -1.51. The average Bonchev–Trinajstić information content (AvgIpc) is 3.25. The van der Waals surface area contributed by atoms with Crippen LogP contribution in [-0.2, 0) is 11.2 Å². The second kappa shape index (κ2) is 8.88. The summed E-state index contributed by atoms with van der Waals surface area (Å²) in [4.78, 5) is 32.7. The average molecular weight is 474 g/mol. The molecule has 0 radical (unpaired) electrons. The molecular formula is C27H21ClFN3O2. The Hall–Kier alpha value is -3.77. The summed E-state index contributed by atoms with van der Waals surface area (Å²) in [5, 5.41) is 1.03. The third-order valence-electron chi connectivity index (χ3n) is 6.29. The van der Waals surface area contributed by atoms with Gasteiger partial charge in [0, 0.05) is 16.6 Å². The van der Waals surface area contributed by atoms with Gasteiger partial charge in [0.05, 0.1) is 17.1 Å². The number of primary amides is 1. The molecule has 1 heterocycles. The fraction of sp³-hybridized carbons (Fsp3) is 0.148. The van der Waals surface area contributed by atoms with E-state index in [1.165, 1.54) is 17.2 Å². The number of hydrogen-bond acceptors (Lipinski definition) is 3. The van der Waals surface area contributed by atoms with Gasteiger partial charge in [-0.2, -0.15) is 0 Å². The van der Waals surface area contributed by atoms with E-state index in [0.717, 1.165) is 10.9 Å². The Kier molecular flexibility index (Phi) is 5.75. The number of carbonyl (C=O) groups is 2. The lowest BCUT2D eigenvalue weighted by Crippen LogP contribution is -2.43. The number of pyridine rings is 1. The molecule has 0 bridgehead atoms. The normalized spacial score (nSPS) is 15.6. The van der Waals surface area contributed by atoms with Crippen molar-refractivity contribution in [3.05, 3.63) is 112 Å². The van der Waals surface area contributed by atoms with E-state index in [2.05, 4.69) is 4.98 Å². The first-order valence-corrected chi connectivity index (χ1v) is 11.3. The van der Waals surface area contributed by atoms with Crippen molar-refractivity contribution >= 4 is 34.3 Å². The van der Waals surface area contributed by atoms with Gasteiger partial charge in [-0.1, -0.05) is 60.1 Å². The van der Waals surface area contributed by atoms with E-state index in [0.29, 0.717) is 35.1 Å². The molecule has 5 rings (SSSR count). The van der Waals surface area contributed by atoms with Crippen molar-refractivity contribution in [2.24, 2.45) is 5.73 Å².